The van der Waals surface area contributed by atoms with Crippen LogP contribution in [0.3, 0.4) is 0 Å². The Hall–Kier alpha value is -1.81. The molecule has 4 heteroatoms. The van der Waals surface area contributed by atoms with Crippen LogP contribution in [0.2, 0.25) is 0 Å². The van der Waals surface area contributed by atoms with E-state index in [1.807, 2.05) is 26.0 Å². The molecule has 2 aliphatic rings. The van der Waals surface area contributed by atoms with E-state index >= 15 is 0 Å². The Kier molecular flexibility index (Phi) is 5.19. The van der Waals surface area contributed by atoms with E-state index in [0.717, 1.165) is 43.2 Å². The average Bonchev–Trinajstić information content (AvgIpc) is 3.14. The van der Waals surface area contributed by atoms with Gasteiger partial charge in [-0.1, -0.05) is 51.0 Å². The van der Waals surface area contributed by atoms with Gasteiger partial charge in [-0.15, -0.1) is 0 Å². The fourth-order valence-corrected chi connectivity index (χ4v) is 4.01. The summed E-state index contributed by atoms with van der Waals surface area (Å²) < 4.78 is 0. The number of carbonyl (C=O) groups is 2. The topological polar surface area (TPSA) is 72.5 Å². The lowest BCUT2D eigenvalue weighted by molar-refractivity contribution is -0.123. The molecule has 1 fully saturated rings. The zero-order valence-electron chi connectivity index (χ0n) is 15.2. The van der Waals surface area contributed by atoms with Crippen molar-refractivity contribution in [1.82, 2.24) is 0 Å². The first-order chi connectivity index (χ1) is 11.9. The fourth-order valence-electron chi connectivity index (χ4n) is 4.01. The minimum absolute atomic E-state index is 0.172. The zero-order valence-corrected chi connectivity index (χ0v) is 15.2. The third kappa shape index (κ3) is 3.74. The molecule has 134 valence electrons. The summed E-state index contributed by atoms with van der Waals surface area (Å²) in [4.78, 5) is 29.0. The molecule has 2 N–H and O–H groups in total. The second-order valence-corrected chi connectivity index (χ2v) is 8.16. The number of aliphatic imine (C=N–C) groups is 1. The molecule has 0 saturated heterocycles. The lowest BCUT2D eigenvalue weighted by Crippen LogP contribution is -2.41. The highest BCUT2D eigenvalue weighted by Gasteiger charge is 2.35. The van der Waals surface area contributed by atoms with Gasteiger partial charge in [0.1, 0.15) is 12.3 Å². The molecule has 25 heavy (non-hydrogen) atoms. The molecule has 2 unspecified atom stereocenters. The molecule has 0 amide bonds. The summed E-state index contributed by atoms with van der Waals surface area (Å²) in [5.74, 6) is 0.465. The van der Waals surface area contributed by atoms with E-state index in [1.165, 1.54) is 5.56 Å². The maximum absolute atomic E-state index is 12.9. The van der Waals surface area contributed by atoms with Gasteiger partial charge in [0.25, 0.3) is 0 Å². The highest BCUT2D eigenvalue weighted by atomic mass is 16.1. The van der Waals surface area contributed by atoms with Crippen molar-refractivity contribution in [2.45, 2.75) is 64.5 Å². The number of fused-ring (bicyclic) bond motifs is 1. The molecule has 1 aliphatic carbocycles. The number of rotatable bonds is 6. The van der Waals surface area contributed by atoms with Gasteiger partial charge < -0.3 is 10.5 Å². The molecule has 1 heterocycles. The number of hydrogen-bond acceptors (Lipinski definition) is 4. The predicted molar refractivity (Wildman–Crippen MR) is 99.9 cm³/mol. The number of ketones is 1. The number of nitrogens with two attached hydrogens (primary N) is 1. The molecule has 1 aromatic carbocycles. The van der Waals surface area contributed by atoms with Crippen LogP contribution in [-0.2, 0) is 16.0 Å². The summed E-state index contributed by atoms with van der Waals surface area (Å²) in [5, 5.41) is 0. The Morgan fingerprint density at radius 1 is 1.32 bits per heavy atom. The van der Waals surface area contributed by atoms with Crippen LogP contribution in [0.4, 0.5) is 0 Å². The summed E-state index contributed by atoms with van der Waals surface area (Å²) >= 11 is 0. The Morgan fingerprint density at radius 2 is 2.00 bits per heavy atom. The molecular formula is C21H28N2O2. The number of aldehydes is 1. The van der Waals surface area contributed by atoms with Crippen molar-refractivity contribution in [3.63, 3.8) is 0 Å². The second-order valence-electron chi connectivity index (χ2n) is 8.16. The minimum Gasteiger partial charge on any atom is -0.321 e. The van der Waals surface area contributed by atoms with Crippen LogP contribution in [0.5, 0.6) is 0 Å². The molecule has 0 aromatic heterocycles. The number of Topliss-reactive ketones (excluding diaryl/α,β-unsaturated/α-hetero) is 1. The first-order valence-electron chi connectivity index (χ1n) is 9.32. The molecular weight excluding hydrogens is 312 g/mol. The Labute approximate surface area is 149 Å². The quantitative estimate of drug-likeness (QED) is 0.809. The smallest absolute Gasteiger partial charge is 0.160 e. The van der Waals surface area contributed by atoms with Crippen LogP contribution < -0.4 is 5.73 Å². The van der Waals surface area contributed by atoms with E-state index in [1.54, 1.807) is 0 Å². The largest absolute Gasteiger partial charge is 0.321 e. The van der Waals surface area contributed by atoms with Crippen molar-refractivity contribution < 1.29 is 9.59 Å². The lowest BCUT2D eigenvalue weighted by Gasteiger charge is -2.32. The van der Waals surface area contributed by atoms with Gasteiger partial charge in [0.2, 0.25) is 0 Å². The standard InChI is InChI=1S/C21H28N2O2/c1-21(2,19(22)13-24)12-18-16-10-6-5-9-15(16)11-17(23-18)20(25)14-7-3-4-8-14/h5-6,9-10,13-14,17,19H,3-4,7-8,11-12,22H2,1-2H3. The van der Waals surface area contributed by atoms with Crippen molar-refractivity contribution in [2.75, 3.05) is 0 Å². The highest BCUT2D eigenvalue weighted by molar-refractivity contribution is 6.05. The normalized spacial score (nSPS) is 22.2. The third-order valence-electron chi connectivity index (χ3n) is 5.81. The summed E-state index contributed by atoms with van der Waals surface area (Å²) in [5.41, 5.74) is 8.79. The number of hydrogen-bond donors (Lipinski definition) is 1. The fraction of sp³-hybridized carbons (Fsp3) is 0.571. The SMILES string of the molecule is CC(C)(CC1=NC(C(=O)C2CCCC2)Cc2ccccc21)C(N)C=O. The van der Waals surface area contributed by atoms with Gasteiger partial charge in [0, 0.05) is 18.1 Å². The molecule has 0 radical (unpaired) electrons. The van der Waals surface area contributed by atoms with E-state index in [0.29, 0.717) is 18.6 Å². The van der Waals surface area contributed by atoms with Crippen molar-refractivity contribution in [1.29, 1.82) is 0 Å². The van der Waals surface area contributed by atoms with Crippen molar-refractivity contribution in [3.8, 4) is 0 Å². The van der Waals surface area contributed by atoms with E-state index in [2.05, 4.69) is 12.1 Å². The van der Waals surface area contributed by atoms with Gasteiger partial charge in [-0.3, -0.25) is 9.79 Å². The molecule has 3 rings (SSSR count). The van der Waals surface area contributed by atoms with E-state index in [4.69, 9.17) is 10.7 Å². The van der Waals surface area contributed by atoms with Crippen LogP contribution in [0, 0.1) is 11.3 Å². The second kappa shape index (κ2) is 7.20. The first-order valence-corrected chi connectivity index (χ1v) is 9.32. The van der Waals surface area contributed by atoms with Gasteiger partial charge in [-0.25, -0.2) is 0 Å². The number of nitrogens with zero attached hydrogens (tertiary/aromatic N) is 1. The third-order valence-corrected chi connectivity index (χ3v) is 5.81. The molecule has 1 aliphatic heterocycles. The lowest BCUT2D eigenvalue weighted by atomic mass is 9.77. The maximum atomic E-state index is 12.9. The highest BCUT2D eigenvalue weighted by Crippen LogP contribution is 2.33. The zero-order chi connectivity index (χ0) is 18.0. The van der Waals surface area contributed by atoms with Gasteiger partial charge >= 0.3 is 0 Å². The van der Waals surface area contributed by atoms with Gasteiger partial charge in [0.05, 0.1) is 6.04 Å². The Morgan fingerprint density at radius 3 is 2.68 bits per heavy atom. The van der Waals surface area contributed by atoms with E-state index in [9.17, 15) is 9.59 Å². The number of benzene rings is 1. The van der Waals surface area contributed by atoms with Crippen LogP contribution in [0.1, 0.15) is 57.1 Å². The summed E-state index contributed by atoms with van der Waals surface area (Å²) in [7, 11) is 0. The Bertz CT molecular complexity index is 687. The maximum Gasteiger partial charge on any atom is 0.160 e. The van der Waals surface area contributed by atoms with Gasteiger partial charge in [-0.2, -0.15) is 0 Å². The van der Waals surface area contributed by atoms with Crippen LogP contribution in [0.15, 0.2) is 29.3 Å². The molecule has 2 atom stereocenters. The van der Waals surface area contributed by atoms with Gasteiger partial charge in [-0.05, 0) is 35.8 Å². The predicted octanol–water partition coefficient (Wildman–Crippen LogP) is 3.10. The summed E-state index contributed by atoms with van der Waals surface area (Å²) in [6, 6.07) is 7.34. The summed E-state index contributed by atoms with van der Waals surface area (Å²) in [6.07, 6.45) is 6.39. The molecule has 1 aromatic rings. The van der Waals surface area contributed by atoms with Crippen molar-refractivity contribution >= 4 is 17.8 Å². The monoisotopic (exact) mass is 340 g/mol. The Balaban J connectivity index is 1.91. The average molecular weight is 340 g/mol. The number of carbonyl (C=O) groups excluding carboxylic acids is 2. The van der Waals surface area contributed by atoms with E-state index < -0.39 is 11.5 Å². The van der Waals surface area contributed by atoms with E-state index in [-0.39, 0.29) is 12.0 Å². The van der Waals surface area contributed by atoms with Crippen molar-refractivity contribution in [3.05, 3.63) is 35.4 Å². The first kappa shape index (κ1) is 18.0. The minimum atomic E-state index is -0.548. The molecule has 0 spiro atoms. The van der Waals surface area contributed by atoms with Crippen molar-refractivity contribution in [2.24, 2.45) is 22.1 Å². The van der Waals surface area contributed by atoms with Gasteiger partial charge in [0.15, 0.2) is 5.78 Å². The molecule has 1 saturated carbocycles. The van der Waals surface area contributed by atoms with Crippen LogP contribution >= 0.6 is 0 Å². The summed E-state index contributed by atoms with van der Waals surface area (Å²) in [6.45, 7) is 3.97. The van der Waals surface area contributed by atoms with Crippen LogP contribution in [0.25, 0.3) is 0 Å². The molecule has 4 nitrogen and oxygen atoms in total. The van der Waals surface area contributed by atoms with Crippen LogP contribution in [-0.4, -0.2) is 29.9 Å². The molecule has 0 bridgehead atoms.